The number of carbonyl (C=O) groups excluding carboxylic acids is 1. The zero-order chi connectivity index (χ0) is 27.3. The van der Waals surface area contributed by atoms with Crippen molar-refractivity contribution < 1.29 is 19.0 Å². The number of aryl methyl sites for hydroxylation is 1. The lowest BCUT2D eigenvalue weighted by atomic mass is 10.1. The molecule has 39 heavy (non-hydrogen) atoms. The summed E-state index contributed by atoms with van der Waals surface area (Å²) in [6.45, 7) is 3.76. The van der Waals surface area contributed by atoms with Crippen LogP contribution >= 0.6 is 11.3 Å². The number of ether oxygens (including phenoxy) is 3. The van der Waals surface area contributed by atoms with E-state index in [0.717, 1.165) is 42.9 Å². The zero-order valence-electron chi connectivity index (χ0n) is 21.7. The molecular weight excluding hydrogens is 514 g/mol. The van der Waals surface area contributed by atoms with Crippen LogP contribution in [0.2, 0.25) is 0 Å². The maximum Gasteiger partial charge on any atom is 0.417 e. The minimum Gasteiger partial charge on any atom is -0.480 e. The highest BCUT2D eigenvalue weighted by atomic mass is 32.1. The zero-order valence-corrected chi connectivity index (χ0v) is 22.5. The molecule has 0 saturated carbocycles. The molecule has 1 aliphatic heterocycles. The number of methoxy groups -OCH3 is 1. The topological polar surface area (TPSA) is 110 Å². The lowest BCUT2D eigenvalue weighted by Crippen LogP contribution is -2.41. The fourth-order valence-corrected chi connectivity index (χ4v) is 5.82. The van der Waals surface area contributed by atoms with Gasteiger partial charge < -0.3 is 14.2 Å². The van der Waals surface area contributed by atoms with E-state index in [1.165, 1.54) is 4.90 Å². The van der Waals surface area contributed by atoms with Crippen molar-refractivity contribution in [2.75, 3.05) is 19.1 Å². The average Bonchev–Trinajstić information content (AvgIpc) is 3.52. The number of anilines is 1. The summed E-state index contributed by atoms with van der Waals surface area (Å²) in [4.78, 5) is 28.4. The number of rotatable bonds is 4. The van der Waals surface area contributed by atoms with Crippen LogP contribution in [0.4, 0.5) is 10.5 Å². The van der Waals surface area contributed by atoms with Crippen LogP contribution in [0.15, 0.2) is 54.7 Å². The highest BCUT2D eigenvalue weighted by Gasteiger charge is 2.41. The van der Waals surface area contributed by atoms with Crippen LogP contribution in [0.25, 0.3) is 31.8 Å². The number of fused-ring (bicyclic) bond motifs is 4. The minimum absolute atomic E-state index is 0.366. The summed E-state index contributed by atoms with van der Waals surface area (Å²) in [5.74, 6) is -0.0897. The highest BCUT2D eigenvalue weighted by Crippen LogP contribution is 2.44. The SMILES string of the molecule is COc1cnc2c(-c3nc4ccc5c(c4s3)C[C@@](C)(OC(=O)N(C)c3cccc(C#N)c3)O5)cc(C)cc2n1. The van der Waals surface area contributed by atoms with Crippen LogP contribution in [0, 0.1) is 18.3 Å². The molecule has 2 aromatic heterocycles. The molecule has 0 spiro atoms. The van der Waals surface area contributed by atoms with Gasteiger partial charge in [-0.25, -0.2) is 19.7 Å². The van der Waals surface area contributed by atoms with E-state index < -0.39 is 11.9 Å². The van der Waals surface area contributed by atoms with Crippen molar-refractivity contribution in [3.8, 4) is 28.3 Å². The molecule has 0 N–H and O–H groups in total. The molecule has 9 nitrogen and oxygen atoms in total. The summed E-state index contributed by atoms with van der Waals surface area (Å²) in [5, 5.41) is 10.00. The second-order valence-electron chi connectivity index (χ2n) is 9.50. The number of thiazole rings is 1. The lowest BCUT2D eigenvalue weighted by molar-refractivity contribution is -0.107. The van der Waals surface area contributed by atoms with E-state index in [4.69, 9.17) is 19.2 Å². The van der Waals surface area contributed by atoms with E-state index in [0.29, 0.717) is 29.3 Å². The van der Waals surface area contributed by atoms with Crippen LogP contribution in [-0.4, -0.2) is 41.0 Å². The number of hydrogen-bond acceptors (Lipinski definition) is 9. The number of nitrogens with zero attached hydrogens (tertiary/aromatic N) is 5. The third-order valence-corrected chi connectivity index (χ3v) is 7.75. The molecule has 0 saturated heterocycles. The Bertz CT molecular complexity index is 1830. The van der Waals surface area contributed by atoms with Crippen molar-refractivity contribution in [1.82, 2.24) is 15.0 Å². The maximum atomic E-state index is 13.0. The van der Waals surface area contributed by atoms with Crippen LogP contribution in [0.5, 0.6) is 11.6 Å². The Hall–Kier alpha value is -4.75. The van der Waals surface area contributed by atoms with Gasteiger partial charge in [0.15, 0.2) is 0 Å². The fraction of sp³-hybridized carbons (Fsp3) is 0.207. The molecule has 0 fully saturated rings. The normalized spacial score (nSPS) is 16.0. The standard InChI is InChI=1S/C29H23N5O4S/c1-16-10-19(25-22(11-16)32-24(36-4)15-31-25)27-33-21-8-9-23-20(26(21)39-27)13-29(2,37-23)38-28(35)34(3)18-7-5-6-17(12-18)14-30/h5-12,15H,13H2,1-4H3/t29-/m1/s1. The van der Waals surface area contributed by atoms with Crippen LogP contribution in [-0.2, 0) is 11.2 Å². The first-order valence-corrected chi connectivity index (χ1v) is 13.0. The first kappa shape index (κ1) is 24.6. The van der Waals surface area contributed by atoms with Gasteiger partial charge in [0.1, 0.15) is 10.8 Å². The van der Waals surface area contributed by atoms with Crippen molar-refractivity contribution in [2.45, 2.75) is 26.1 Å². The van der Waals surface area contributed by atoms with Gasteiger partial charge in [-0.3, -0.25) is 4.90 Å². The predicted octanol–water partition coefficient (Wildman–Crippen LogP) is 6.02. The Morgan fingerprint density at radius 2 is 2.03 bits per heavy atom. The number of carbonyl (C=O) groups is 1. The molecule has 0 unspecified atom stereocenters. The lowest BCUT2D eigenvalue weighted by Gasteiger charge is -2.27. The number of aromatic nitrogens is 3. The molecule has 1 aliphatic rings. The van der Waals surface area contributed by atoms with Crippen LogP contribution in [0.3, 0.4) is 0 Å². The highest BCUT2D eigenvalue weighted by molar-refractivity contribution is 7.22. The van der Waals surface area contributed by atoms with E-state index in [9.17, 15) is 10.1 Å². The molecule has 1 amide bonds. The summed E-state index contributed by atoms with van der Waals surface area (Å²) in [5.41, 5.74) is 6.19. The van der Waals surface area contributed by atoms with Crippen LogP contribution < -0.4 is 14.4 Å². The molecule has 0 radical (unpaired) electrons. The van der Waals surface area contributed by atoms with Gasteiger partial charge in [0.25, 0.3) is 5.79 Å². The second-order valence-corrected chi connectivity index (χ2v) is 10.5. The third kappa shape index (κ3) is 4.36. The quantitative estimate of drug-likeness (QED) is 0.274. The number of amides is 1. The van der Waals surface area contributed by atoms with E-state index in [-0.39, 0.29) is 0 Å². The minimum atomic E-state index is -1.20. The van der Waals surface area contributed by atoms with Crippen molar-refractivity contribution in [2.24, 2.45) is 0 Å². The summed E-state index contributed by atoms with van der Waals surface area (Å²) in [6.07, 6.45) is 1.39. The van der Waals surface area contributed by atoms with Gasteiger partial charge in [0.05, 0.1) is 52.6 Å². The van der Waals surface area contributed by atoms with Crippen molar-refractivity contribution >= 4 is 44.4 Å². The third-order valence-electron chi connectivity index (χ3n) is 6.59. The molecule has 1 atom stereocenters. The average molecular weight is 538 g/mol. The van der Waals surface area contributed by atoms with Gasteiger partial charge >= 0.3 is 6.09 Å². The molecule has 194 valence electrons. The van der Waals surface area contributed by atoms with Gasteiger partial charge in [-0.15, -0.1) is 11.3 Å². The van der Waals surface area contributed by atoms with Gasteiger partial charge in [0, 0.05) is 30.8 Å². The predicted molar refractivity (Wildman–Crippen MR) is 148 cm³/mol. The molecule has 6 rings (SSSR count). The van der Waals surface area contributed by atoms with Crippen molar-refractivity contribution in [3.63, 3.8) is 0 Å². The molecule has 3 aromatic carbocycles. The molecule has 5 aromatic rings. The molecular formula is C29H23N5O4S. The number of hydrogen-bond donors (Lipinski definition) is 0. The number of nitriles is 1. The Labute approximate surface area is 228 Å². The van der Waals surface area contributed by atoms with Gasteiger partial charge in [-0.1, -0.05) is 6.07 Å². The maximum absolute atomic E-state index is 13.0. The second kappa shape index (κ2) is 9.22. The smallest absolute Gasteiger partial charge is 0.417 e. The monoisotopic (exact) mass is 537 g/mol. The molecule has 3 heterocycles. The molecule has 10 heteroatoms. The summed E-state index contributed by atoms with van der Waals surface area (Å²) in [6, 6.07) is 16.7. The number of benzene rings is 3. The van der Waals surface area contributed by atoms with Crippen molar-refractivity contribution in [1.29, 1.82) is 5.26 Å². The van der Waals surface area contributed by atoms with Gasteiger partial charge in [-0.2, -0.15) is 5.26 Å². The Morgan fingerprint density at radius 1 is 1.18 bits per heavy atom. The summed E-state index contributed by atoms with van der Waals surface area (Å²) in [7, 11) is 3.17. The van der Waals surface area contributed by atoms with Gasteiger partial charge in [0.2, 0.25) is 5.88 Å². The van der Waals surface area contributed by atoms with Gasteiger partial charge in [-0.05, 0) is 55.0 Å². The summed E-state index contributed by atoms with van der Waals surface area (Å²) >= 11 is 1.54. The Kier molecular flexibility index (Phi) is 5.81. The van der Waals surface area contributed by atoms with E-state index >= 15 is 0 Å². The van der Waals surface area contributed by atoms with E-state index in [1.807, 2.05) is 25.1 Å². The van der Waals surface area contributed by atoms with E-state index in [1.54, 1.807) is 62.9 Å². The Balaban J connectivity index is 1.31. The molecule has 0 bridgehead atoms. The largest absolute Gasteiger partial charge is 0.480 e. The molecule has 0 aliphatic carbocycles. The van der Waals surface area contributed by atoms with Crippen molar-refractivity contribution in [3.05, 3.63) is 71.4 Å². The van der Waals surface area contributed by atoms with Crippen LogP contribution in [0.1, 0.15) is 23.6 Å². The van der Waals surface area contributed by atoms with E-state index in [2.05, 4.69) is 22.1 Å². The fourth-order valence-electron chi connectivity index (χ4n) is 4.71. The first-order valence-electron chi connectivity index (χ1n) is 12.2. The Morgan fingerprint density at radius 3 is 2.82 bits per heavy atom. The first-order chi connectivity index (χ1) is 18.8. The summed E-state index contributed by atoms with van der Waals surface area (Å²) < 4.78 is 18.2.